The predicted molar refractivity (Wildman–Crippen MR) is 173 cm³/mol. The van der Waals surface area contributed by atoms with Gasteiger partial charge in [-0.1, -0.05) is 175 Å². The molecule has 0 N–H and O–H groups in total. The first kappa shape index (κ1) is 35.4. The fourth-order valence-corrected chi connectivity index (χ4v) is 6.17. The van der Waals surface area contributed by atoms with Crippen LogP contribution in [0.4, 0.5) is 0 Å². The highest BCUT2D eigenvalue weighted by Gasteiger charge is 2.24. The van der Waals surface area contributed by atoms with Crippen molar-refractivity contribution < 1.29 is 0 Å². The Hall–Kier alpha value is -0.660. The Morgan fingerprint density at radius 1 is 0.342 bits per heavy atom. The molecular weight excluding hydrogens is 460 g/mol. The predicted octanol–water partition coefficient (Wildman–Crippen LogP) is 12.4. The second kappa shape index (κ2) is 27.9. The minimum absolute atomic E-state index is 0.639. The third-order valence-corrected chi connectivity index (χ3v) is 8.82. The Labute approximate surface area is 241 Å². The fourth-order valence-electron chi connectivity index (χ4n) is 6.17. The van der Waals surface area contributed by atoms with Crippen molar-refractivity contribution in [3.05, 3.63) is 12.4 Å². The van der Waals surface area contributed by atoms with Gasteiger partial charge in [0.15, 0.2) is 0 Å². The zero-order valence-corrected chi connectivity index (χ0v) is 26.8. The topological polar surface area (TPSA) is 6.48 Å². The van der Waals surface area contributed by atoms with Crippen LogP contribution in [0.5, 0.6) is 0 Å². The molecule has 1 unspecified atom stereocenters. The summed E-state index contributed by atoms with van der Waals surface area (Å²) in [5, 5.41) is 0. The molecule has 2 heteroatoms. The molecule has 0 aromatic rings. The van der Waals surface area contributed by atoms with Gasteiger partial charge < -0.3 is 9.80 Å². The van der Waals surface area contributed by atoms with Gasteiger partial charge in [-0.05, 0) is 25.7 Å². The molecule has 2 nitrogen and oxygen atoms in total. The molecule has 0 aromatic carbocycles. The van der Waals surface area contributed by atoms with Gasteiger partial charge in [0.05, 0.1) is 0 Å². The van der Waals surface area contributed by atoms with Gasteiger partial charge in [0.1, 0.15) is 6.17 Å². The van der Waals surface area contributed by atoms with Gasteiger partial charge in [-0.3, -0.25) is 0 Å². The van der Waals surface area contributed by atoms with E-state index in [0.29, 0.717) is 6.17 Å². The van der Waals surface area contributed by atoms with Crippen molar-refractivity contribution in [3.63, 3.8) is 0 Å². The normalized spacial score (nSPS) is 15.3. The van der Waals surface area contributed by atoms with Gasteiger partial charge in [-0.25, -0.2) is 0 Å². The van der Waals surface area contributed by atoms with E-state index >= 15 is 0 Å². The molecule has 0 fully saturated rings. The first-order valence-electron chi connectivity index (χ1n) is 18.0. The summed E-state index contributed by atoms with van der Waals surface area (Å²) in [5.74, 6) is 0. The maximum Gasteiger partial charge on any atom is 0.101 e. The van der Waals surface area contributed by atoms with E-state index in [1.807, 2.05) is 0 Å². The lowest BCUT2D eigenvalue weighted by Crippen LogP contribution is -2.39. The number of hydrogen-bond donors (Lipinski definition) is 0. The molecule has 0 saturated heterocycles. The summed E-state index contributed by atoms with van der Waals surface area (Å²) < 4.78 is 0. The van der Waals surface area contributed by atoms with Crippen molar-refractivity contribution >= 4 is 0 Å². The average molecular weight is 533 g/mol. The van der Waals surface area contributed by atoms with Crippen molar-refractivity contribution in [2.24, 2.45) is 0 Å². The maximum atomic E-state index is 2.67. The van der Waals surface area contributed by atoms with Crippen LogP contribution in [0.2, 0.25) is 0 Å². The van der Waals surface area contributed by atoms with E-state index < -0.39 is 0 Å². The van der Waals surface area contributed by atoms with Crippen molar-refractivity contribution in [1.29, 1.82) is 0 Å². The van der Waals surface area contributed by atoms with Gasteiger partial charge in [-0.15, -0.1) is 0 Å². The molecule has 1 aliphatic rings. The lowest BCUT2D eigenvalue weighted by atomic mass is 10.0. The van der Waals surface area contributed by atoms with Crippen LogP contribution in [0.1, 0.15) is 201 Å². The van der Waals surface area contributed by atoms with Crippen LogP contribution in [0.3, 0.4) is 0 Å². The summed E-state index contributed by atoms with van der Waals surface area (Å²) in [6.45, 7) is 9.48. The maximum absolute atomic E-state index is 2.67. The van der Waals surface area contributed by atoms with Crippen LogP contribution in [-0.2, 0) is 0 Å². The van der Waals surface area contributed by atoms with Gasteiger partial charge in [-0.2, -0.15) is 0 Å². The molecule has 0 saturated carbocycles. The number of nitrogens with zero attached hydrogens (tertiary/aromatic N) is 2. The van der Waals surface area contributed by atoms with Gasteiger partial charge >= 0.3 is 0 Å². The fraction of sp³-hybridized carbons (Fsp3) is 0.944. The molecule has 226 valence electrons. The van der Waals surface area contributed by atoms with E-state index in [1.54, 1.807) is 0 Å². The Morgan fingerprint density at radius 3 is 0.895 bits per heavy atom. The summed E-state index contributed by atoms with van der Waals surface area (Å²) >= 11 is 0. The Bertz CT molecular complexity index is 488. The van der Waals surface area contributed by atoms with Crippen LogP contribution >= 0.6 is 0 Å². The van der Waals surface area contributed by atoms with E-state index in [-0.39, 0.29) is 0 Å². The van der Waals surface area contributed by atoms with Crippen LogP contribution in [0.25, 0.3) is 0 Å². The zero-order chi connectivity index (χ0) is 27.4. The molecule has 1 rings (SSSR count). The second-order valence-electron chi connectivity index (χ2n) is 12.5. The highest BCUT2D eigenvalue weighted by molar-refractivity contribution is 4.96. The van der Waals surface area contributed by atoms with Crippen molar-refractivity contribution in [1.82, 2.24) is 9.80 Å². The van der Waals surface area contributed by atoms with Crippen LogP contribution in [0, 0.1) is 0 Å². The summed E-state index contributed by atoms with van der Waals surface area (Å²) in [4.78, 5) is 5.34. The standard InChI is InChI=1S/C36H72N2/c1-4-7-10-12-14-16-17-18-19-20-21-22-23-24-26-28-30-33-38-35-34-37(36(38)31-9-6-3)32-29-27-25-15-13-11-8-5-2/h34-36H,4-33H2,1-3H3. The third kappa shape index (κ3) is 20.3. The molecule has 0 bridgehead atoms. The van der Waals surface area contributed by atoms with E-state index in [0.717, 1.165) is 0 Å². The number of rotatable bonds is 30. The summed E-state index contributed by atoms with van der Waals surface area (Å²) in [7, 11) is 0. The molecule has 0 amide bonds. The van der Waals surface area contributed by atoms with Crippen LogP contribution in [0.15, 0.2) is 12.4 Å². The van der Waals surface area contributed by atoms with Crippen molar-refractivity contribution in [2.45, 2.75) is 207 Å². The van der Waals surface area contributed by atoms with Crippen LogP contribution in [-0.4, -0.2) is 29.1 Å². The monoisotopic (exact) mass is 533 g/mol. The first-order chi connectivity index (χ1) is 18.8. The smallest absolute Gasteiger partial charge is 0.101 e. The molecule has 0 spiro atoms. The number of hydrogen-bond acceptors (Lipinski definition) is 2. The van der Waals surface area contributed by atoms with E-state index in [2.05, 4.69) is 43.0 Å². The van der Waals surface area contributed by atoms with E-state index in [9.17, 15) is 0 Å². The van der Waals surface area contributed by atoms with Gasteiger partial charge in [0.25, 0.3) is 0 Å². The number of unbranched alkanes of at least 4 members (excludes halogenated alkanes) is 24. The average Bonchev–Trinajstić information content (AvgIpc) is 3.31. The summed E-state index contributed by atoms with van der Waals surface area (Å²) in [6, 6.07) is 0. The molecular formula is C36H72N2. The second-order valence-corrected chi connectivity index (χ2v) is 12.5. The quantitative estimate of drug-likeness (QED) is 0.0848. The molecule has 1 heterocycles. The Balaban J connectivity index is 1.98. The Morgan fingerprint density at radius 2 is 0.605 bits per heavy atom. The van der Waals surface area contributed by atoms with Crippen molar-refractivity contribution in [3.8, 4) is 0 Å². The molecule has 38 heavy (non-hydrogen) atoms. The minimum atomic E-state index is 0.639. The molecule has 1 aliphatic heterocycles. The molecule has 0 aliphatic carbocycles. The van der Waals surface area contributed by atoms with Gasteiger partial charge in [0.2, 0.25) is 0 Å². The highest BCUT2D eigenvalue weighted by atomic mass is 15.4. The molecule has 0 radical (unpaired) electrons. The lowest BCUT2D eigenvalue weighted by molar-refractivity contribution is 0.136. The minimum Gasteiger partial charge on any atom is -0.356 e. The largest absolute Gasteiger partial charge is 0.356 e. The first-order valence-corrected chi connectivity index (χ1v) is 18.0. The lowest BCUT2D eigenvalue weighted by Gasteiger charge is -2.33. The van der Waals surface area contributed by atoms with Crippen LogP contribution < -0.4 is 0 Å². The molecule has 1 atom stereocenters. The zero-order valence-electron chi connectivity index (χ0n) is 26.8. The Kier molecular flexibility index (Phi) is 26.0. The highest BCUT2D eigenvalue weighted by Crippen LogP contribution is 2.23. The molecule has 0 aromatic heterocycles. The van der Waals surface area contributed by atoms with E-state index in [1.165, 1.54) is 193 Å². The summed E-state index contributed by atoms with van der Waals surface area (Å²) in [6.07, 6.45) is 45.5. The van der Waals surface area contributed by atoms with Gasteiger partial charge in [0, 0.05) is 25.5 Å². The van der Waals surface area contributed by atoms with Crippen molar-refractivity contribution in [2.75, 3.05) is 13.1 Å². The summed E-state index contributed by atoms with van der Waals surface area (Å²) in [5.41, 5.74) is 0. The third-order valence-electron chi connectivity index (χ3n) is 8.82. The van der Waals surface area contributed by atoms with E-state index in [4.69, 9.17) is 0 Å². The SMILES string of the molecule is CCCCCCCCCCCCCCCCCCCN1C=CN(CCCCCCCCCC)C1CCCC.